The van der Waals surface area contributed by atoms with Crippen molar-refractivity contribution < 1.29 is 9.47 Å². The number of piperazine rings is 1. The molecule has 0 radical (unpaired) electrons. The van der Waals surface area contributed by atoms with Gasteiger partial charge in [0.25, 0.3) is 0 Å². The lowest BCUT2D eigenvalue weighted by Crippen LogP contribution is -2.43. The topological polar surface area (TPSA) is 33.7 Å². The molecular weight excluding hydrogens is 252 g/mol. The molecular formula is C16H24N2O2. The third-order valence-corrected chi connectivity index (χ3v) is 4.01. The van der Waals surface area contributed by atoms with Gasteiger partial charge in [0.1, 0.15) is 6.10 Å². The average Bonchev–Trinajstić information content (AvgIpc) is 2.81. The molecule has 2 fully saturated rings. The molecule has 0 aliphatic carbocycles. The Morgan fingerprint density at radius 2 is 2.00 bits per heavy atom. The van der Waals surface area contributed by atoms with Crippen molar-refractivity contribution >= 4 is 0 Å². The smallest absolute Gasteiger partial charge is 0.163 e. The van der Waals surface area contributed by atoms with E-state index in [4.69, 9.17) is 9.47 Å². The Kier molecular flexibility index (Phi) is 4.08. The Morgan fingerprint density at radius 3 is 2.70 bits per heavy atom. The summed E-state index contributed by atoms with van der Waals surface area (Å²) in [6.45, 7) is 9.99. The van der Waals surface area contributed by atoms with E-state index in [2.05, 4.69) is 34.5 Å². The first-order valence-corrected chi connectivity index (χ1v) is 7.47. The van der Waals surface area contributed by atoms with Crippen LogP contribution in [0.4, 0.5) is 0 Å². The molecule has 1 aromatic carbocycles. The quantitative estimate of drug-likeness (QED) is 0.914. The van der Waals surface area contributed by atoms with Crippen LogP contribution < -0.4 is 5.32 Å². The monoisotopic (exact) mass is 276 g/mol. The first-order chi connectivity index (χ1) is 9.64. The summed E-state index contributed by atoms with van der Waals surface area (Å²) in [5, 5.41) is 3.39. The molecule has 2 aliphatic heterocycles. The number of rotatable bonds is 3. The highest BCUT2D eigenvalue weighted by Crippen LogP contribution is 2.34. The molecule has 4 nitrogen and oxygen atoms in total. The summed E-state index contributed by atoms with van der Waals surface area (Å²) in [6.07, 6.45) is 0.0594. The largest absolute Gasteiger partial charge is 0.347 e. The fourth-order valence-corrected chi connectivity index (χ4v) is 2.94. The molecule has 1 N–H and O–H groups in total. The zero-order chi connectivity index (χ0) is 14.0. The molecule has 110 valence electrons. The SMILES string of the molecule is CC1(C)OCC(c2ccccc2CN2CCNCC2)O1. The summed E-state index contributed by atoms with van der Waals surface area (Å²) in [7, 11) is 0. The van der Waals surface area contributed by atoms with E-state index in [-0.39, 0.29) is 6.10 Å². The Hall–Kier alpha value is -0.940. The molecule has 2 saturated heterocycles. The fourth-order valence-electron chi connectivity index (χ4n) is 2.94. The van der Waals surface area contributed by atoms with Gasteiger partial charge >= 0.3 is 0 Å². The molecule has 2 heterocycles. The Bertz CT molecular complexity index is 456. The number of nitrogens with one attached hydrogen (secondary N) is 1. The summed E-state index contributed by atoms with van der Waals surface area (Å²) in [4.78, 5) is 2.50. The predicted molar refractivity (Wildman–Crippen MR) is 78.4 cm³/mol. The Morgan fingerprint density at radius 1 is 1.25 bits per heavy atom. The molecule has 0 saturated carbocycles. The van der Waals surface area contributed by atoms with Crippen molar-refractivity contribution in [3.05, 3.63) is 35.4 Å². The summed E-state index contributed by atoms with van der Waals surface area (Å²) in [5.41, 5.74) is 2.64. The molecule has 1 unspecified atom stereocenters. The van der Waals surface area contributed by atoms with Gasteiger partial charge in [0, 0.05) is 32.7 Å². The first kappa shape index (κ1) is 14.0. The van der Waals surface area contributed by atoms with Gasteiger partial charge in [0.05, 0.1) is 6.61 Å². The third kappa shape index (κ3) is 3.20. The van der Waals surface area contributed by atoms with Gasteiger partial charge in [-0.15, -0.1) is 0 Å². The molecule has 3 rings (SSSR count). The van der Waals surface area contributed by atoms with E-state index in [1.165, 1.54) is 11.1 Å². The molecule has 2 aliphatic rings. The van der Waals surface area contributed by atoms with Crippen LogP contribution in [0.1, 0.15) is 31.1 Å². The number of benzene rings is 1. The standard InChI is InChI=1S/C16H24N2O2/c1-16(2)19-12-15(20-16)14-6-4-3-5-13(14)11-18-9-7-17-8-10-18/h3-6,15,17H,7-12H2,1-2H3. The maximum Gasteiger partial charge on any atom is 0.163 e. The maximum absolute atomic E-state index is 6.01. The summed E-state index contributed by atoms with van der Waals surface area (Å²) in [6, 6.07) is 8.59. The van der Waals surface area contributed by atoms with Crippen LogP contribution in [0.3, 0.4) is 0 Å². The number of hydrogen-bond acceptors (Lipinski definition) is 4. The van der Waals surface area contributed by atoms with Crippen molar-refractivity contribution in [2.45, 2.75) is 32.3 Å². The van der Waals surface area contributed by atoms with E-state index in [0.29, 0.717) is 6.61 Å². The Balaban J connectivity index is 1.74. The highest BCUT2D eigenvalue weighted by Gasteiger charge is 2.34. The third-order valence-electron chi connectivity index (χ3n) is 4.01. The van der Waals surface area contributed by atoms with Crippen LogP contribution in [0.5, 0.6) is 0 Å². The van der Waals surface area contributed by atoms with Crippen molar-refractivity contribution in [3.63, 3.8) is 0 Å². The van der Waals surface area contributed by atoms with Crippen molar-refractivity contribution in [1.29, 1.82) is 0 Å². The summed E-state index contributed by atoms with van der Waals surface area (Å²) >= 11 is 0. The molecule has 0 spiro atoms. The minimum Gasteiger partial charge on any atom is -0.347 e. The zero-order valence-electron chi connectivity index (χ0n) is 12.4. The maximum atomic E-state index is 6.01. The van der Waals surface area contributed by atoms with Crippen molar-refractivity contribution in [3.8, 4) is 0 Å². The number of hydrogen-bond donors (Lipinski definition) is 1. The molecule has 1 atom stereocenters. The number of ether oxygens (including phenoxy) is 2. The first-order valence-electron chi connectivity index (χ1n) is 7.47. The second-order valence-electron chi connectivity index (χ2n) is 6.04. The predicted octanol–water partition coefficient (Wildman–Crippen LogP) is 1.92. The van der Waals surface area contributed by atoms with Gasteiger partial charge in [0.15, 0.2) is 5.79 Å². The summed E-state index contributed by atoms with van der Waals surface area (Å²) in [5.74, 6) is -0.465. The number of nitrogens with zero attached hydrogens (tertiary/aromatic N) is 1. The Labute approximate surface area is 121 Å². The molecule has 0 bridgehead atoms. The van der Waals surface area contributed by atoms with Gasteiger partial charge < -0.3 is 14.8 Å². The van der Waals surface area contributed by atoms with Crippen molar-refractivity contribution in [1.82, 2.24) is 10.2 Å². The van der Waals surface area contributed by atoms with E-state index in [1.54, 1.807) is 0 Å². The van der Waals surface area contributed by atoms with E-state index >= 15 is 0 Å². The lowest BCUT2D eigenvalue weighted by molar-refractivity contribution is -0.139. The zero-order valence-corrected chi connectivity index (χ0v) is 12.4. The van der Waals surface area contributed by atoms with Crippen LogP contribution in [-0.2, 0) is 16.0 Å². The van der Waals surface area contributed by atoms with Crippen LogP contribution in [0.2, 0.25) is 0 Å². The van der Waals surface area contributed by atoms with Crippen LogP contribution >= 0.6 is 0 Å². The van der Waals surface area contributed by atoms with Gasteiger partial charge in [-0.25, -0.2) is 0 Å². The molecule has 0 amide bonds. The highest BCUT2D eigenvalue weighted by atomic mass is 16.7. The van der Waals surface area contributed by atoms with Gasteiger partial charge in [-0.3, -0.25) is 4.90 Å². The average molecular weight is 276 g/mol. The van der Waals surface area contributed by atoms with Crippen molar-refractivity contribution in [2.24, 2.45) is 0 Å². The highest BCUT2D eigenvalue weighted by molar-refractivity contribution is 5.30. The van der Waals surface area contributed by atoms with Crippen LogP contribution in [0.25, 0.3) is 0 Å². The summed E-state index contributed by atoms with van der Waals surface area (Å²) < 4.78 is 11.7. The van der Waals surface area contributed by atoms with E-state index < -0.39 is 5.79 Å². The second kappa shape index (κ2) is 5.82. The van der Waals surface area contributed by atoms with E-state index in [9.17, 15) is 0 Å². The minimum absolute atomic E-state index is 0.0594. The fraction of sp³-hybridized carbons (Fsp3) is 0.625. The van der Waals surface area contributed by atoms with Gasteiger partial charge in [-0.1, -0.05) is 24.3 Å². The van der Waals surface area contributed by atoms with Gasteiger partial charge in [-0.05, 0) is 25.0 Å². The molecule has 0 aromatic heterocycles. The van der Waals surface area contributed by atoms with Crippen molar-refractivity contribution in [2.75, 3.05) is 32.8 Å². The van der Waals surface area contributed by atoms with E-state index in [0.717, 1.165) is 32.7 Å². The lowest BCUT2D eigenvalue weighted by Gasteiger charge is -2.28. The van der Waals surface area contributed by atoms with Crippen LogP contribution in [0, 0.1) is 0 Å². The lowest BCUT2D eigenvalue weighted by atomic mass is 10.0. The van der Waals surface area contributed by atoms with E-state index in [1.807, 2.05) is 13.8 Å². The van der Waals surface area contributed by atoms with Gasteiger partial charge in [-0.2, -0.15) is 0 Å². The molecule has 20 heavy (non-hydrogen) atoms. The minimum atomic E-state index is -0.465. The van der Waals surface area contributed by atoms with Gasteiger partial charge in [0.2, 0.25) is 0 Å². The normalized spacial score (nSPS) is 26.8. The van der Waals surface area contributed by atoms with Crippen LogP contribution in [-0.4, -0.2) is 43.5 Å². The molecule has 4 heteroatoms. The second-order valence-corrected chi connectivity index (χ2v) is 6.04. The molecule has 1 aromatic rings. The van der Waals surface area contributed by atoms with Crippen LogP contribution in [0.15, 0.2) is 24.3 Å².